The van der Waals surface area contributed by atoms with Crippen molar-refractivity contribution in [3.63, 3.8) is 0 Å². The van der Waals surface area contributed by atoms with E-state index in [1.165, 1.54) is 18.4 Å². The van der Waals surface area contributed by atoms with Gasteiger partial charge < -0.3 is 14.8 Å². The Labute approximate surface area is 120 Å². The zero-order valence-corrected chi connectivity index (χ0v) is 12.2. The highest BCUT2D eigenvalue weighted by Crippen LogP contribution is 2.29. The summed E-state index contributed by atoms with van der Waals surface area (Å²) in [6.45, 7) is 5.09. The molecule has 106 valence electrons. The molecular weight excluding hydrogens is 262 g/mol. The first-order valence-electron chi connectivity index (χ1n) is 6.99. The van der Waals surface area contributed by atoms with E-state index in [9.17, 15) is 0 Å². The summed E-state index contributed by atoms with van der Waals surface area (Å²) in [6, 6.07) is 5.89. The molecule has 0 bridgehead atoms. The Morgan fingerprint density at radius 2 is 2.21 bits per heavy atom. The fourth-order valence-electron chi connectivity index (χ4n) is 1.79. The maximum Gasteiger partial charge on any atom is 0.189 e. The predicted molar refractivity (Wildman–Crippen MR) is 77.6 cm³/mol. The first kappa shape index (κ1) is 14.6. The molecule has 1 N–H and O–H groups in total. The van der Waals surface area contributed by atoms with E-state index in [0.717, 1.165) is 32.0 Å². The molecule has 1 aromatic carbocycles. The van der Waals surface area contributed by atoms with Crippen LogP contribution < -0.4 is 10.1 Å². The van der Waals surface area contributed by atoms with Crippen molar-refractivity contribution in [3.05, 3.63) is 28.8 Å². The normalized spacial score (nSPS) is 14.6. The van der Waals surface area contributed by atoms with Gasteiger partial charge in [-0.25, -0.2) is 0 Å². The predicted octanol–water partition coefficient (Wildman–Crippen LogP) is 3.60. The smallest absolute Gasteiger partial charge is 0.189 e. The zero-order chi connectivity index (χ0) is 13.5. The molecule has 19 heavy (non-hydrogen) atoms. The number of hydrogen-bond donors (Lipinski definition) is 1. The number of benzene rings is 1. The lowest BCUT2D eigenvalue weighted by Gasteiger charge is -2.10. The standard InChI is InChI=1S/C15H22ClNO2/c1-2-7-17-9-13-5-6-15(14(16)8-13)19-11-18-10-12-3-4-12/h5-6,8,12,17H,2-4,7,9-11H2,1H3. The van der Waals surface area contributed by atoms with Crippen molar-refractivity contribution in [1.29, 1.82) is 0 Å². The Morgan fingerprint density at radius 1 is 1.37 bits per heavy atom. The van der Waals surface area contributed by atoms with Gasteiger partial charge in [0.1, 0.15) is 5.75 Å². The molecule has 0 saturated heterocycles. The molecule has 2 rings (SSSR count). The van der Waals surface area contributed by atoms with Gasteiger partial charge in [-0.1, -0.05) is 24.6 Å². The van der Waals surface area contributed by atoms with E-state index in [0.29, 0.717) is 10.8 Å². The topological polar surface area (TPSA) is 30.5 Å². The molecule has 0 atom stereocenters. The Kier molecular flexibility index (Phi) is 5.95. The number of halogens is 1. The third-order valence-electron chi connectivity index (χ3n) is 3.10. The van der Waals surface area contributed by atoms with E-state index in [1.54, 1.807) is 0 Å². The summed E-state index contributed by atoms with van der Waals surface area (Å²) in [4.78, 5) is 0. The second-order valence-electron chi connectivity index (χ2n) is 5.02. The molecule has 0 heterocycles. The SMILES string of the molecule is CCCNCc1ccc(OCOCC2CC2)c(Cl)c1. The van der Waals surface area contributed by atoms with Gasteiger partial charge in [0.15, 0.2) is 6.79 Å². The van der Waals surface area contributed by atoms with Gasteiger partial charge in [-0.2, -0.15) is 0 Å². The van der Waals surface area contributed by atoms with Crippen molar-refractivity contribution in [2.45, 2.75) is 32.7 Å². The summed E-state index contributed by atoms with van der Waals surface area (Å²) in [5.41, 5.74) is 1.17. The third kappa shape index (κ3) is 5.39. The first-order valence-corrected chi connectivity index (χ1v) is 7.37. The lowest BCUT2D eigenvalue weighted by Crippen LogP contribution is -2.13. The van der Waals surface area contributed by atoms with Crippen LogP contribution in [0.2, 0.25) is 5.02 Å². The van der Waals surface area contributed by atoms with Crippen molar-refractivity contribution in [1.82, 2.24) is 5.32 Å². The van der Waals surface area contributed by atoms with Crippen LogP contribution in [0.3, 0.4) is 0 Å². The van der Waals surface area contributed by atoms with Crippen LogP contribution in [-0.4, -0.2) is 19.9 Å². The second-order valence-corrected chi connectivity index (χ2v) is 5.43. The van der Waals surface area contributed by atoms with Crippen LogP contribution in [0.4, 0.5) is 0 Å². The van der Waals surface area contributed by atoms with Crippen LogP contribution in [0.25, 0.3) is 0 Å². The molecule has 0 radical (unpaired) electrons. The number of hydrogen-bond acceptors (Lipinski definition) is 3. The molecule has 1 fully saturated rings. The lowest BCUT2D eigenvalue weighted by molar-refractivity contribution is 0.0100. The van der Waals surface area contributed by atoms with Gasteiger partial charge in [-0.05, 0) is 49.4 Å². The van der Waals surface area contributed by atoms with Gasteiger partial charge in [-0.3, -0.25) is 0 Å². The molecule has 1 aromatic rings. The van der Waals surface area contributed by atoms with Crippen molar-refractivity contribution >= 4 is 11.6 Å². The number of ether oxygens (including phenoxy) is 2. The molecule has 0 aliphatic heterocycles. The number of rotatable bonds is 9. The largest absolute Gasteiger partial charge is 0.466 e. The van der Waals surface area contributed by atoms with Crippen LogP contribution >= 0.6 is 11.6 Å². The maximum absolute atomic E-state index is 6.19. The summed E-state index contributed by atoms with van der Waals surface area (Å²) in [5, 5.41) is 3.99. The Balaban J connectivity index is 1.73. The highest BCUT2D eigenvalue weighted by Gasteiger charge is 2.21. The molecule has 1 aliphatic carbocycles. The maximum atomic E-state index is 6.19. The van der Waals surface area contributed by atoms with Crippen molar-refractivity contribution < 1.29 is 9.47 Å². The molecule has 1 saturated carbocycles. The Bertz CT molecular complexity index is 394. The van der Waals surface area contributed by atoms with E-state index >= 15 is 0 Å². The minimum absolute atomic E-state index is 0.281. The monoisotopic (exact) mass is 283 g/mol. The molecule has 1 aliphatic rings. The molecule has 0 aromatic heterocycles. The quantitative estimate of drug-likeness (QED) is 0.555. The Morgan fingerprint density at radius 3 is 2.89 bits per heavy atom. The van der Waals surface area contributed by atoms with E-state index in [1.807, 2.05) is 18.2 Å². The van der Waals surface area contributed by atoms with E-state index in [-0.39, 0.29) is 6.79 Å². The van der Waals surface area contributed by atoms with Crippen LogP contribution in [-0.2, 0) is 11.3 Å². The first-order chi connectivity index (χ1) is 9.29. The average molecular weight is 284 g/mol. The van der Waals surface area contributed by atoms with Crippen LogP contribution in [0, 0.1) is 5.92 Å². The minimum Gasteiger partial charge on any atom is -0.466 e. The summed E-state index contributed by atoms with van der Waals surface area (Å²) in [7, 11) is 0. The fraction of sp³-hybridized carbons (Fsp3) is 0.600. The average Bonchev–Trinajstić information content (AvgIpc) is 3.21. The highest BCUT2D eigenvalue weighted by molar-refractivity contribution is 6.32. The summed E-state index contributed by atoms with van der Waals surface area (Å²) >= 11 is 6.19. The van der Waals surface area contributed by atoms with Crippen molar-refractivity contribution in [2.75, 3.05) is 19.9 Å². The molecule has 4 heteroatoms. The summed E-state index contributed by atoms with van der Waals surface area (Å²) in [6.07, 6.45) is 3.72. The molecule has 0 spiro atoms. The molecular formula is C15H22ClNO2. The van der Waals surface area contributed by atoms with Gasteiger partial charge in [0.25, 0.3) is 0 Å². The highest BCUT2D eigenvalue weighted by atomic mass is 35.5. The van der Waals surface area contributed by atoms with E-state index < -0.39 is 0 Å². The van der Waals surface area contributed by atoms with Gasteiger partial charge in [0.05, 0.1) is 11.6 Å². The summed E-state index contributed by atoms with van der Waals surface area (Å²) < 4.78 is 11.0. The second kappa shape index (κ2) is 7.73. The van der Waals surface area contributed by atoms with Crippen LogP contribution in [0.5, 0.6) is 5.75 Å². The third-order valence-corrected chi connectivity index (χ3v) is 3.40. The fourth-order valence-corrected chi connectivity index (χ4v) is 2.04. The van der Waals surface area contributed by atoms with Crippen molar-refractivity contribution in [2.24, 2.45) is 5.92 Å². The van der Waals surface area contributed by atoms with E-state index in [4.69, 9.17) is 21.1 Å². The van der Waals surface area contributed by atoms with Gasteiger partial charge >= 0.3 is 0 Å². The lowest BCUT2D eigenvalue weighted by atomic mass is 10.2. The summed E-state index contributed by atoms with van der Waals surface area (Å²) in [5.74, 6) is 1.45. The van der Waals surface area contributed by atoms with Gasteiger partial charge in [0.2, 0.25) is 0 Å². The zero-order valence-electron chi connectivity index (χ0n) is 11.5. The van der Waals surface area contributed by atoms with Crippen molar-refractivity contribution in [3.8, 4) is 5.75 Å². The molecule has 0 unspecified atom stereocenters. The van der Waals surface area contributed by atoms with Gasteiger partial charge in [-0.15, -0.1) is 0 Å². The van der Waals surface area contributed by atoms with Crippen LogP contribution in [0.15, 0.2) is 18.2 Å². The number of nitrogens with one attached hydrogen (secondary N) is 1. The molecule has 0 amide bonds. The van der Waals surface area contributed by atoms with Gasteiger partial charge in [0, 0.05) is 6.54 Å². The van der Waals surface area contributed by atoms with Crippen LogP contribution in [0.1, 0.15) is 31.7 Å². The van der Waals surface area contributed by atoms with E-state index in [2.05, 4.69) is 12.2 Å². The molecule has 3 nitrogen and oxygen atoms in total. The minimum atomic E-state index is 0.281. The Hall–Kier alpha value is -0.770.